The van der Waals surface area contributed by atoms with E-state index >= 15 is 0 Å². The first-order valence-electron chi connectivity index (χ1n) is 5.72. The Hall–Kier alpha value is -1.93. The van der Waals surface area contributed by atoms with Crippen molar-refractivity contribution in [2.75, 3.05) is 6.61 Å². The van der Waals surface area contributed by atoms with E-state index in [9.17, 15) is 4.79 Å². The molecule has 0 amide bonds. The third-order valence-corrected chi connectivity index (χ3v) is 2.96. The van der Waals surface area contributed by atoms with Crippen molar-refractivity contribution in [1.82, 2.24) is 0 Å². The summed E-state index contributed by atoms with van der Waals surface area (Å²) in [6, 6.07) is 9.92. The van der Waals surface area contributed by atoms with Crippen LogP contribution in [0.15, 0.2) is 30.3 Å². The van der Waals surface area contributed by atoms with Crippen molar-refractivity contribution in [3.63, 3.8) is 0 Å². The van der Waals surface area contributed by atoms with Gasteiger partial charge in [0.05, 0.1) is 12.5 Å². The van der Waals surface area contributed by atoms with Crippen LogP contribution in [0.2, 0.25) is 0 Å². The summed E-state index contributed by atoms with van der Waals surface area (Å²) in [4.78, 5) is 14.6. The van der Waals surface area contributed by atoms with Gasteiger partial charge in [0.25, 0.3) is 0 Å². The van der Waals surface area contributed by atoms with Crippen molar-refractivity contribution >= 4 is 11.7 Å². The van der Waals surface area contributed by atoms with Gasteiger partial charge in [-0.05, 0) is 24.8 Å². The van der Waals surface area contributed by atoms with E-state index in [1.165, 1.54) is 5.56 Å². The molecule has 2 atom stereocenters. The number of hydrogen-bond acceptors (Lipinski definition) is 2. The van der Waals surface area contributed by atoms with Crippen molar-refractivity contribution < 1.29 is 14.3 Å². The summed E-state index contributed by atoms with van der Waals surface area (Å²) in [5.74, 6) is -0.258. The van der Waals surface area contributed by atoms with Gasteiger partial charge in [-0.2, -0.15) is 4.79 Å². The number of esters is 1. The molecule has 2 rings (SSSR count). The van der Waals surface area contributed by atoms with Gasteiger partial charge in [0.15, 0.2) is 0 Å². The molecule has 0 unspecified atom stereocenters. The lowest BCUT2D eigenvalue weighted by molar-refractivity contribution is -0.140. The summed E-state index contributed by atoms with van der Waals surface area (Å²) in [5.41, 5.74) is 10.2. The molecule has 0 N–H and O–H groups in total. The van der Waals surface area contributed by atoms with Crippen LogP contribution in [0.1, 0.15) is 24.8 Å². The van der Waals surface area contributed by atoms with Crippen LogP contribution in [-0.4, -0.2) is 23.1 Å². The van der Waals surface area contributed by atoms with Crippen LogP contribution in [0.5, 0.6) is 0 Å². The van der Waals surface area contributed by atoms with Gasteiger partial charge in [-0.3, -0.25) is 0 Å². The number of rotatable bonds is 4. The average Bonchev–Trinajstić information content (AvgIpc) is 3.12. The fourth-order valence-corrected chi connectivity index (χ4v) is 2.04. The zero-order chi connectivity index (χ0) is 12.3. The largest absolute Gasteiger partial charge is 0.457 e. The molecular weight excluding hydrogens is 216 g/mol. The maximum absolute atomic E-state index is 11.5. The summed E-state index contributed by atoms with van der Waals surface area (Å²) in [7, 11) is 0. The van der Waals surface area contributed by atoms with Gasteiger partial charge in [0.1, 0.15) is 0 Å². The van der Waals surface area contributed by atoms with Gasteiger partial charge in [0, 0.05) is 0 Å². The van der Waals surface area contributed by atoms with Crippen molar-refractivity contribution in [3.8, 4) is 0 Å². The standard InChI is InChI=1S/C13H14N2O2/c1-2-17-13(16)12(15-14)11-8-10(11)9-6-4-3-5-7-9/h3-7,10-11H,2,8H2,1H3/t10-,11-/m0/s1. The molecule has 4 heteroatoms. The minimum Gasteiger partial charge on any atom is -0.457 e. The van der Waals surface area contributed by atoms with Gasteiger partial charge < -0.3 is 10.3 Å². The maximum Gasteiger partial charge on any atom is 0.417 e. The lowest BCUT2D eigenvalue weighted by atomic mass is 10.1. The van der Waals surface area contributed by atoms with E-state index in [0.29, 0.717) is 6.61 Å². The first kappa shape index (κ1) is 11.6. The average molecular weight is 230 g/mol. The van der Waals surface area contributed by atoms with Crippen LogP contribution in [0, 0.1) is 5.92 Å². The first-order chi connectivity index (χ1) is 8.27. The summed E-state index contributed by atoms with van der Waals surface area (Å²) in [6.45, 7) is 2.02. The molecule has 0 bridgehead atoms. The summed E-state index contributed by atoms with van der Waals surface area (Å²) in [6.07, 6.45) is 0.836. The lowest BCUT2D eigenvalue weighted by Crippen LogP contribution is -2.21. The SMILES string of the molecule is CCOC(=O)C(=[N+]=[N-])[C@H]1C[C@H]1c1ccccc1. The Kier molecular flexibility index (Phi) is 3.35. The number of ether oxygens (including phenoxy) is 1. The fraction of sp³-hybridized carbons (Fsp3) is 0.385. The Morgan fingerprint density at radius 1 is 1.47 bits per heavy atom. The van der Waals surface area contributed by atoms with Gasteiger partial charge in [0.2, 0.25) is 0 Å². The molecule has 1 aromatic rings. The second-order valence-corrected chi connectivity index (χ2v) is 4.07. The molecule has 1 saturated carbocycles. The molecule has 88 valence electrons. The minimum absolute atomic E-state index is 0.0125. The van der Waals surface area contributed by atoms with E-state index in [1.807, 2.05) is 30.3 Å². The van der Waals surface area contributed by atoms with E-state index in [-0.39, 0.29) is 17.5 Å². The molecule has 17 heavy (non-hydrogen) atoms. The summed E-state index contributed by atoms with van der Waals surface area (Å²) >= 11 is 0. The second kappa shape index (κ2) is 4.93. The quantitative estimate of drug-likeness (QED) is 0.344. The number of carbonyl (C=O) groups excluding carboxylic acids is 1. The highest BCUT2D eigenvalue weighted by atomic mass is 16.5. The third kappa shape index (κ3) is 2.43. The minimum atomic E-state index is -0.515. The molecule has 1 aromatic carbocycles. The topological polar surface area (TPSA) is 62.7 Å². The van der Waals surface area contributed by atoms with Gasteiger partial charge in [-0.1, -0.05) is 30.3 Å². The second-order valence-electron chi connectivity index (χ2n) is 4.07. The van der Waals surface area contributed by atoms with Crippen molar-refractivity contribution in [3.05, 3.63) is 41.4 Å². The summed E-state index contributed by atoms with van der Waals surface area (Å²) in [5, 5.41) is 0. The van der Waals surface area contributed by atoms with Crippen molar-refractivity contribution in [2.45, 2.75) is 19.3 Å². The Labute approximate surface area is 99.8 Å². The van der Waals surface area contributed by atoms with Crippen LogP contribution in [0.25, 0.3) is 5.53 Å². The monoisotopic (exact) mass is 230 g/mol. The van der Waals surface area contributed by atoms with Gasteiger partial charge in [-0.25, -0.2) is 4.79 Å². The molecule has 0 saturated heterocycles. The van der Waals surface area contributed by atoms with Crippen LogP contribution in [0.4, 0.5) is 0 Å². The first-order valence-corrected chi connectivity index (χ1v) is 5.72. The summed E-state index contributed by atoms with van der Waals surface area (Å²) < 4.78 is 4.85. The predicted molar refractivity (Wildman–Crippen MR) is 62.5 cm³/mol. The maximum atomic E-state index is 11.5. The molecular formula is C13H14N2O2. The normalized spacial score (nSPS) is 21.5. The highest BCUT2D eigenvalue weighted by molar-refractivity contribution is 6.35. The Bertz CT molecular complexity index is 464. The molecule has 1 aliphatic rings. The van der Waals surface area contributed by atoms with Crippen LogP contribution < -0.4 is 0 Å². The van der Waals surface area contributed by atoms with Gasteiger partial charge >= 0.3 is 11.7 Å². The highest BCUT2D eigenvalue weighted by Gasteiger charge is 2.50. The van der Waals surface area contributed by atoms with E-state index < -0.39 is 5.97 Å². The van der Waals surface area contributed by atoms with Crippen LogP contribution in [-0.2, 0) is 9.53 Å². The molecule has 0 spiro atoms. The Balaban J connectivity index is 2.07. The van der Waals surface area contributed by atoms with Crippen LogP contribution >= 0.6 is 0 Å². The molecule has 1 fully saturated rings. The van der Waals surface area contributed by atoms with Crippen molar-refractivity contribution in [1.29, 1.82) is 0 Å². The highest BCUT2D eigenvalue weighted by Crippen LogP contribution is 2.48. The lowest BCUT2D eigenvalue weighted by Gasteiger charge is -1.98. The van der Waals surface area contributed by atoms with Crippen molar-refractivity contribution in [2.24, 2.45) is 5.92 Å². The molecule has 0 radical (unpaired) electrons. The predicted octanol–water partition coefficient (Wildman–Crippen LogP) is 2.02. The zero-order valence-corrected chi connectivity index (χ0v) is 9.67. The molecule has 0 heterocycles. The van der Waals surface area contributed by atoms with E-state index in [4.69, 9.17) is 10.3 Å². The van der Waals surface area contributed by atoms with Crippen LogP contribution in [0.3, 0.4) is 0 Å². The zero-order valence-electron chi connectivity index (χ0n) is 9.67. The Morgan fingerprint density at radius 2 is 2.18 bits per heavy atom. The number of benzene rings is 1. The number of carbonyl (C=O) groups is 1. The van der Waals surface area contributed by atoms with E-state index in [0.717, 1.165) is 6.42 Å². The molecule has 0 aliphatic heterocycles. The fourth-order valence-electron chi connectivity index (χ4n) is 2.04. The van der Waals surface area contributed by atoms with E-state index in [1.54, 1.807) is 6.92 Å². The van der Waals surface area contributed by atoms with Gasteiger partial charge in [-0.15, -0.1) is 0 Å². The smallest absolute Gasteiger partial charge is 0.417 e. The third-order valence-electron chi connectivity index (χ3n) is 2.96. The molecule has 1 aliphatic carbocycles. The number of nitrogens with zero attached hydrogens (tertiary/aromatic N) is 2. The Morgan fingerprint density at radius 3 is 2.76 bits per heavy atom. The molecule has 0 aromatic heterocycles. The number of hydrogen-bond donors (Lipinski definition) is 0. The molecule has 4 nitrogen and oxygen atoms in total. The van der Waals surface area contributed by atoms with E-state index in [2.05, 4.69) is 4.79 Å².